The van der Waals surface area contributed by atoms with Crippen molar-refractivity contribution >= 4 is 16.8 Å². The van der Waals surface area contributed by atoms with E-state index < -0.39 is 0 Å². The van der Waals surface area contributed by atoms with E-state index in [9.17, 15) is 4.79 Å². The number of fused-ring (bicyclic) bond motifs is 3. The van der Waals surface area contributed by atoms with E-state index in [2.05, 4.69) is 44.6 Å². The minimum Gasteiger partial charge on any atom is -0.490 e. The van der Waals surface area contributed by atoms with Crippen molar-refractivity contribution in [2.45, 2.75) is 62.8 Å². The molecular weight excluding hydrogens is 474 g/mol. The van der Waals surface area contributed by atoms with Crippen LogP contribution in [0.4, 0.5) is 0 Å². The average molecular weight is 508 g/mol. The smallest absolute Gasteiger partial charge is 0.251 e. The zero-order valence-electron chi connectivity index (χ0n) is 21.6. The first-order chi connectivity index (χ1) is 18.6. The molecule has 2 aliphatic heterocycles. The molecule has 1 amide bonds. The van der Waals surface area contributed by atoms with Crippen molar-refractivity contribution in [3.8, 4) is 17.0 Å². The summed E-state index contributed by atoms with van der Waals surface area (Å²) in [5.74, 6) is 1.27. The standard InChI is InChI=1S/C31H33N5O2/c1-36-22-10-11-23(36)18-25(17-22)38-24-12-7-19(8-13-24)29-26-16-21(9-14-27(26)34-35-29)31(37)33-30(20-5-6-20)28-4-2-3-15-32-28/h2-4,7-9,12-16,20,22-23,25,30H,5-6,10-11,17-18H2,1H3,(H,33,37)(H,34,35)/t22-,23+,25-,30-/m0/s1. The lowest BCUT2D eigenvalue weighted by Gasteiger charge is -2.36. The van der Waals surface area contributed by atoms with Gasteiger partial charge in [0.15, 0.2) is 0 Å². The first-order valence-electron chi connectivity index (χ1n) is 13.8. The molecule has 7 nitrogen and oxygen atoms in total. The van der Waals surface area contributed by atoms with Gasteiger partial charge in [-0.3, -0.25) is 14.9 Å². The molecule has 1 aliphatic carbocycles. The highest BCUT2D eigenvalue weighted by Crippen LogP contribution is 2.41. The van der Waals surface area contributed by atoms with Crippen LogP contribution in [0.3, 0.4) is 0 Å². The van der Waals surface area contributed by atoms with Crippen LogP contribution in [-0.2, 0) is 0 Å². The van der Waals surface area contributed by atoms with Crippen molar-refractivity contribution in [3.63, 3.8) is 0 Å². The summed E-state index contributed by atoms with van der Waals surface area (Å²) in [7, 11) is 2.25. The summed E-state index contributed by atoms with van der Waals surface area (Å²) in [6, 6.07) is 21.0. The molecule has 7 heteroatoms. The number of pyridine rings is 1. The van der Waals surface area contributed by atoms with Gasteiger partial charge in [-0.15, -0.1) is 0 Å². The van der Waals surface area contributed by atoms with Crippen molar-refractivity contribution in [2.75, 3.05) is 7.05 Å². The molecule has 2 aromatic carbocycles. The number of aromatic nitrogens is 3. The topological polar surface area (TPSA) is 83.1 Å². The fourth-order valence-corrected chi connectivity index (χ4v) is 6.36. The van der Waals surface area contributed by atoms with Gasteiger partial charge in [0, 0.05) is 34.8 Å². The normalized spacial score (nSPS) is 23.9. The highest BCUT2D eigenvalue weighted by atomic mass is 16.5. The summed E-state index contributed by atoms with van der Waals surface area (Å²) >= 11 is 0. The Labute approximate surface area is 222 Å². The number of piperidine rings is 1. The van der Waals surface area contributed by atoms with Crippen LogP contribution in [0, 0.1) is 5.92 Å². The van der Waals surface area contributed by atoms with Crippen molar-refractivity contribution in [1.82, 2.24) is 25.4 Å². The van der Waals surface area contributed by atoms with Crippen LogP contribution >= 0.6 is 0 Å². The molecule has 3 aliphatic rings. The number of H-pyrrole nitrogens is 1. The number of amides is 1. The fraction of sp³-hybridized carbons (Fsp3) is 0.387. The van der Waals surface area contributed by atoms with Crippen molar-refractivity contribution in [2.24, 2.45) is 5.92 Å². The van der Waals surface area contributed by atoms with Crippen molar-refractivity contribution in [1.29, 1.82) is 0 Å². The molecule has 4 aromatic rings. The summed E-state index contributed by atoms with van der Waals surface area (Å²) in [5, 5.41) is 11.9. The molecule has 38 heavy (non-hydrogen) atoms. The van der Waals surface area contributed by atoms with Gasteiger partial charge in [-0.1, -0.05) is 6.07 Å². The summed E-state index contributed by atoms with van der Waals surface area (Å²) in [4.78, 5) is 20.3. The Morgan fingerprint density at radius 2 is 1.82 bits per heavy atom. The van der Waals surface area contributed by atoms with Crippen LogP contribution in [0.2, 0.25) is 0 Å². The Morgan fingerprint density at radius 3 is 2.53 bits per heavy atom. The average Bonchev–Trinajstić information content (AvgIpc) is 3.67. The molecule has 4 atom stereocenters. The van der Waals surface area contributed by atoms with Crippen LogP contribution in [-0.4, -0.2) is 51.2 Å². The molecule has 2 N–H and O–H groups in total. The summed E-state index contributed by atoms with van der Waals surface area (Å²) in [6.45, 7) is 0. The number of hydrogen-bond donors (Lipinski definition) is 2. The predicted octanol–water partition coefficient (Wildman–Crippen LogP) is 5.51. The Kier molecular flexibility index (Phi) is 5.88. The van der Waals surface area contributed by atoms with Gasteiger partial charge in [0.05, 0.1) is 22.9 Å². The third-order valence-corrected chi connectivity index (χ3v) is 8.70. The van der Waals surface area contributed by atoms with Crippen LogP contribution in [0.25, 0.3) is 22.2 Å². The van der Waals surface area contributed by atoms with Gasteiger partial charge < -0.3 is 15.0 Å². The second-order valence-electron chi connectivity index (χ2n) is 11.2. The third-order valence-electron chi connectivity index (χ3n) is 8.70. The van der Waals surface area contributed by atoms with Crippen LogP contribution in [0.5, 0.6) is 5.75 Å². The number of hydrogen-bond acceptors (Lipinski definition) is 5. The number of carbonyl (C=O) groups is 1. The van der Waals surface area contributed by atoms with E-state index >= 15 is 0 Å². The van der Waals surface area contributed by atoms with E-state index in [1.165, 1.54) is 12.8 Å². The fourth-order valence-electron chi connectivity index (χ4n) is 6.36. The quantitative estimate of drug-likeness (QED) is 0.345. The highest BCUT2D eigenvalue weighted by Gasteiger charge is 2.39. The SMILES string of the molecule is CN1[C@@H]2CC[C@H]1C[C@H](Oc1ccc(-c3n[nH]c4ccc(C(=O)N[C@H](c5ccccn5)C5CC5)cc34)cc1)C2. The maximum atomic E-state index is 13.3. The number of aromatic amines is 1. The van der Waals surface area contributed by atoms with E-state index in [4.69, 9.17) is 4.74 Å². The van der Waals surface area contributed by atoms with E-state index in [1.54, 1.807) is 6.20 Å². The molecule has 1 saturated carbocycles. The second-order valence-corrected chi connectivity index (χ2v) is 11.2. The molecule has 0 unspecified atom stereocenters. The largest absolute Gasteiger partial charge is 0.490 e. The molecule has 0 spiro atoms. The Balaban J connectivity index is 1.08. The number of carbonyl (C=O) groups excluding carboxylic acids is 1. The minimum atomic E-state index is -0.0857. The summed E-state index contributed by atoms with van der Waals surface area (Å²) in [5.41, 5.74) is 4.28. The van der Waals surface area contributed by atoms with Gasteiger partial charge in [-0.2, -0.15) is 5.10 Å². The third kappa shape index (κ3) is 4.45. The summed E-state index contributed by atoms with van der Waals surface area (Å²) in [6.07, 6.45) is 9.09. The molecule has 3 fully saturated rings. The zero-order valence-corrected chi connectivity index (χ0v) is 21.6. The maximum absolute atomic E-state index is 13.3. The highest BCUT2D eigenvalue weighted by molar-refractivity contribution is 6.01. The Morgan fingerprint density at radius 1 is 1.03 bits per heavy atom. The first kappa shape index (κ1) is 23.4. The lowest BCUT2D eigenvalue weighted by atomic mass is 10.0. The maximum Gasteiger partial charge on any atom is 0.251 e. The molecule has 2 bridgehead atoms. The van der Waals surface area contributed by atoms with Gasteiger partial charge >= 0.3 is 0 Å². The van der Waals surface area contributed by atoms with E-state index in [0.717, 1.165) is 59.3 Å². The van der Waals surface area contributed by atoms with Crippen LogP contribution in [0.15, 0.2) is 66.9 Å². The van der Waals surface area contributed by atoms with Gasteiger partial charge in [0.1, 0.15) is 11.9 Å². The van der Waals surface area contributed by atoms with Gasteiger partial charge in [0.25, 0.3) is 5.91 Å². The molecule has 2 aromatic heterocycles. The molecule has 0 radical (unpaired) electrons. The second kappa shape index (κ2) is 9.55. The lowest BCUT2D eigenvalue weighted by Crippen LogP contribution is -2.43. The first-order valence-corrected chi connectivity index (χ1v) is 13.8. The zero-order chi connectivity index (χ0) is 25.6. The van der Waals surface area contributed by atoms with Crippen LogP contribution in [0.1, 0.15) is 60.6 Å². The van der Waals surface area contributed by atoms with Gasteiger partial charge in [-0.25, -0.2) is 0 Å². The summed E-state index contributed by atoms with van der Waals surface area (Å²) < 4.78 is 6.38. The molecule has 4 heterocycles. The number of ether oxygens (including phenoxy) is 1. The number of nitrogens with one attached hydrogen (secondary N) is 2. The van der Waals surface area contributed by atoms with E-state index in [-0.39, 0.29) is 18.1 Å². The van der Waals surface area contributed by atoms with Crippen molar-refractivity contribution < 1.29 is 9.53 Å². The van der Waals surface area contributed by atoms with E-state index in [1.807, 2.05) is 48.5 Å². The molecular formula is C31H33N5O2. The number of benzene rings is 2. The monoisotopic (exact) mass is 507 g/mol. The van der Waals surface area contributed by atoms with E-state index in [0.29, 0.717) is 23.6 Å². The van der Waals surface area contributed by atoms with Gasteiger partial charge in [-0.05, 0) is 106 Å². The Hall–Kier alpha value is -3.71. The molecule has 7 rings (SSSR count). The molecule has 2 saturated heterocycles. The minimum absolute atomic E-state index is 0.0597. The molecule has 194 valence electrons. The van der Waals surface area contributed by atoms with Crippen LogP contribution < -0.4 is 10.1 Å². The van der Waals surface area contributed by atoms with Crippen molar-refractivity contribution in [3.05, 3.63) is 78.1 Å². The Bertz CT molecular complexity index is 1430. The lowest BCUT2D eigenvalue weighted by molar-refractivity contribution is 0.0662. The number of nitrogens with zero attached hydrogens (tertiary/aromatic N) is 3. The predicted molar refractivity (Wildman–Crippen MR) is 147 cm³/mol. The van der Waals surface area contributed by atoms with Gasteiger partial charge in [0.2, 0.25) is 0 Å². The number of rotatable bonds is 7.